The first-order valence-electron chi connectivity index (χ1n) is 9.21. The molecule has 2 N–H and O–H groups in total. The van der Waals surface area contributed by atoms with E-state index in [2.05, 4.69) is 20.0 Å². The molecule has 1 aromatic carbocycles. The molecule has 0 saturated heterocycles. The molecular weight excluding hydrogens is 404 g/mol. The van der Waals surface area contributed by atoms with Crippen molar-refractivity contribution in [1.29, 1.82) is 0 Å². The first-order chi connectivity index (χ1) is 14.5. The van der Waals surface area contributed by atoms with Crippen LogP contribution in [0.25, 0.3) is 0 Å². The topological polar surface area (TPSA) is 110 Å². The fraction of sp³-hybridized carbons (Fsp3) is 0.190. The van der Waals surface area contributed by atoms with Gasteiger partial charge in [-0.25, -0.2) is 13.4 Å². The SMILES string of the molecule is COC(=O)[C@@H](Cc1cccnc1)NCc1ccc(S(=O)(=O)Nc2ccccn2)cc1. The average molecular weight is 426 g/mol. The summed E-state index contributed by atoms with van der Waals surface area (Å²) in [5, 5.41) is 3.16. The molecule has 0 aliphatic carbocycles. The summed E-state index contributed by atoms with van der Waals surface area (Å²) in [5.41, 5.74) is 1.73. The number of pyridine rings is 2. The van der Waals surface area contributed by atoms with Gasteiger partial charge in [-0.05, 0) is 47.9 Å². The first kappa shape index (κ1) is 21.4. The Morgan fingerprint density at radius 2 is 1.83 bits per heavy atom. The van der Waals surface area contributed by atoms with Gasteiger partial charge in [0, 0.05) is 25.1 Å². The molecule has 3 aromatic rings. The number of esters is 1. The Morgan fingerprint density at radius 1 is 1.03 bits per heavy atom. The molecule has 9 heteroatoms. The third-order valence-electron chi connectivity index (χ3n) is 4.34. The van der Waals surface area contributed by atoms with Gasteiger partial charge in [-0.1, -0.05) is 24.3 Å². The van der Waals surface area contributed by atoms with Crippen molar-refractivity contribution in [1.82, 2.24) is 15.3 Å². The highest BCUT2D eigenvalue weighted by Crippen LogP contribution is 2.15. The Labute approximate surface area is 175 Å². The zero-order valence-electron chi connectivity index (χ0n) is 16.4. The minimum Gasteiger partial charge on any atom is -0.468 e. The molecule has 0 spiro atoms. The monoisotopic (exact) mass is 426 g/mol. The number of rotatable bonds is 9. The predicted octanol–water partition coefficient (Wildman–Crippen LogP) is 2.15. The molecule has 1 atom stereocenters. The molecule has 0 aliphatic rings. The van der Waals surface area contributed by atoms with Crippen LogP contribution in [0.1, 0.15) is 11.1 Å². The summed E-state index contributed by atoms with van der Waals surface area (Å²) in [7, 11) is -2.39. The summed E-state index contributed by atoms with van der Waals surface area (Å²) in [6.07, 6.45) is 5.31. The maximum absolute atomic E-state index is 12.5. The number of ether oxygens (including phenoxy) is 1. The van der Waals surface area contributed by atoms with Crippen LogP contribution in [0.4, 0.5) is 5.82 Å². The molecule has 0 unspecified atom stereocenters. The molecule has 0 amide bonds. The van der Waals surface area contributed by atoms with Gasteiger partial charge in [-0.2, -0.15) is 0 Å². The summed E-state index contributed by atoms with van der Waals surface area (Å²) in [6, 6.07) is 14.5. The van der Waals surface area contributed by atoms with Gasteiger partial charge in [0.1, 0.15) is 11.9 Å². The predicted molar refractivity (Wildman–Crippen MR) is 112 cm³/mol. The van der Waals surface area contributed by atoms with Gasteiger partial charge in [-0.3, -0.25) is 14.5 Å². The quantitative estimate of drug-likeness (QED) is 0.505. The van der Waals surface area contributed by atoms with Crippen LogP contribution in [0.3, 0.4) is 0 Å². The minimum atomic E-state index is -3.73. The number of nitrogens with zero attached hydrogens (tertiary/aromatic N) is 2. The van der Waals surface area contributed by atoms with Crippen molar-refractivity contribution in [2.75, 3.05) is 11.8 Å². The molecule has 0 radical (unpaired) electrons. The van der Waals surface area contributed by atoms with Crippen molar-refractivity contribution >= 4 is 21.8 Å². The summed E-state index contributed by atoms with van der Waals surface area (Å²) in [4.78, 5) is 20.2. The molecule has 0 aliphatic heterocycles. The van der Waals surface area contributed by atoms with E-state index in [9.17, 15) is 13.2 Å². The second-order valence-electron chi connectivity index (χ2n) is 6.49. The van der Waals surface area contributed by atoms with Crippen LogP contribution in [-0.4, -0.2) is 37.5 Å². The maximum atomic E-state index is 12.5. The van der Waals surface area contributed by atoms with Gasteiger partial charge >= 0.3 is 5.97 Å². The van der Waals surface area contributed by atoms with Crippen molar-refractivity contribution in [3.8, 4) is 0 Å². The summed E-state index contributed by atoms with van der Waals surface area (Å²) in [6.45, 7) is 0.369. The van der Waals surface area contributed by atoms with Crippen LogP contribution in [0.2, 0.25) is 0 Å². The lowest BCUT2D eigenvalue weighted by atomic mass is 10.1. The van der Waals surface area contributed by atoms with E-state index in [0.29, 0.717) is 13.0 Å². The number of anilines is 1. The number of nitrogens with one attached hydrogen (secondary N) is 2. The smallest absolute Gasteiger partial charge is 0.323 e. The summed E-state index contributed by atoms with van der Waals surface area (Å²) >= 11 is 0. The number of carbonyl (C=O) groups excluding carboxylic acids is 1. The minimum absolute atomic E-state index is 0.122. The standard InChI is InChI=1S/C21H22N4O4S/c1-29-21(26)19(13-17-5-4-11-22-14-17)24-15-16-7-9-18(10-8-16)30(27,28)25-20-6-2-3-12-23-20/h2-12,14,19,24H,13,15H2,1H3,(H,23,25)/t19-/m1/s1. The van der Waals surface area contributed by atoms with Crippen LogP contribution < -0.4 is 10.0 Å². The molecule has 30 heavy (non-hydrogen) atoms. The molecule has 2 aromatic heterocycles. The molecule has 0 bridgehead atoms. The maximum Gasteiger partial charge on any atom is 0.323 e. The largest absolute Gasteiger partial charge is 0.468 e. The van der Waals surface area contributed by atoms with Crippen molar-refractivity contribution in [2.24, 2.45) is 0 Å². The van der Waals surface area contributed by atoms with Gasteiger partial charge in [-0.15, -0.1) is 0 Å². The van der Waals surface area contributed by atoms with Crippen LogP contribution in [0.5, 0.6) is 0 Å². The first-order valence-corrected chi connectivity index (χ1v) is 10.7. The van der Waals surface area contributed by atoms with Crippen molar-refractivity contribution in [2.45, 2.75) is 23.9 Å². The van der Waals surface area contributed by atoms with Gasteiger partial charge in [0.05, 0.1) is 12.0 Å². The van der Waals surface area contributed by atoms with Crippen molar-refractivity contribution in [3.63, 3.8) is 0 Å². The molecule has 8 nitrogen and oxygen atoms in total. The highest BCUT2D eigenvalue weighted by atomic mass is 32.2. The van der Waals surface area contributed by atoms with Crippen molar-refractivity contribution in [3.05, 3.63) is 84.3 Å². The zero-order chi connectivity index (χ0) is 21.4. The van der Waals surface area contributed by atoms with E-state index in [1.165, 1.54) is 25.4 Å². The van der Waals surface area contributed by atoms with E-state index in [4.69, 9.17) is 4.74 Å². The van der Waals surface area contributed by atoms with E-state index >= 15 is 0 Å². The number of hydrogen-bond acceptors (Lipinski definition) is 7. The van der Waals surface area contributed by atoms with Gasteiger partial charge < -0.3 is 10.1 Å². The second-order valence-corrected chi connectivity index (χ2v) is 8.17. The Morgan fingerprint density at radius 3 is 2.47 bits per heavy atom. The Kier molecular flexibility index (Phi) is 7.10. The number of benzene rings is 1. The second kappa shape index (κ2) is 9.95. The summed E-state index contributed by atoms with van der Waals surface area (Å²) in [5.74, 6) is -0.128. The molecular formula is C21H22N4O4S. The van der Waals surface area contributed by atoms with Crippen molar-refractivity contribution < 1.29 is 17.9 Å². The van der Waals surface area contributed by atoms with Crippen LogP contribution in [0, 0.1) is 0 Å². The van der Waals surface area contributed by atoms with Crippen LogP contribution in [0.15, 0.2) is 78.1 Å². The highest BCUT2D eigenvalue weighted by Gasteiger charge is 2.20. The normalized spacial score (nSPS) is 12.2. The summed E-state index contributed by atoms with van der Waals surface area (Å²) < 4.78 is 32.3. The van der Waals surface area contributed by atoms with Gasteiger partial charge in [0.25, 0.3) is 10.0 Å². The third-order valence-corrected chi connectivity index (χ3v) is 5.71. The molecule has 3 rings (SSSR count). The Hall–Kier alpha value is -3.30. The third kappa shape index (κ3) is 5.85. The zero-order valence-corrected chi connectivity index (χ0v) is 17.2. The lowest BCUT2D eigenvalue weighted by Crippen LogP contribution is -2.39. The molecule has 2 heterocycles. The number of hydrogen-bond donors (Lipinski definition) is 2. The van der Waals surface area contributed by atoms with E-state index in [0.717, 1.165) is 11.1 Å². The molecule has 156 valence electrons. The fourth-order valence-corrected chi connectivity index (χ4v) is 3.79. The lowest BCUT2D eigenvalue weighted by Gasteiger charge is -2.16. The van der Waals surface area contributed by atoms with E-state index < -0.39 is 16.1 Å². The molecule has 0 fully saturated rings. The van der Waals surface area contributed by atoms with Crippen LogP contribution in [-0.2, 0) is 32.5 Å². The molecule has 0 saturated carbocycles. The lowest BCUT2D eigenvalue weighted by molar-refractivity contribution is -0.143. The fourth-order valence-electron chi connectivity index (χ4n) is 2.78. The average Bonchev–Trinajstić information content (AvgIpc) is 2.77. The van der Waals surface area contributed by atoms with Gasteiger partial charge in [0.2, 0.25) is 0 Å². The number of aromatic nitrogens is 2. The Bertz CT molecular complexity index is 1060. The highest BCUT2D eigenvalue weighted by molar-refractivity contribution is 7.92. The number of carbonyl (C=O) groups is 1. The van der Waals surface area contributed by atoms with Gasteiger partial charge in [0.15, 0.2) is 0 Å². The Balaban J connectivity index is 1.64. The van der Waals surface area contributed by atoms with E-state index in [-0.39, 0.29) is 16.7 Å². The van der Waals surface area contributed by atoms with E-state index in [1.54, 1.807) is 42.7 Å². The number of sulfonamides is 1. The van der Waals surface area contributed by atoms with E-state index in [1.807, 2.05) is 12.1 Å². The number of methoxy groups -OCH3 is 1. The van der Waals surface area contributed by atoms with Crippen LogP contribution >= 0.6 is 0 Å².